The number of nitrogen functional groups attached to an aromatic ring is 1. The average Bonchev–Trinajstić information content (AvgIpc) is 3.15. The van der Waals surface area contributed by atoms with Crippen LogP contribution in [0.15, 0.2) is 30.6 Å². The summed E-state index contributed by atoms with van der Waals surface area (Å²) in [7, 11) is 0. The van der Waals surface area contributed by atoms with E-state index in [2.05, 4.69) is 15.4 Å². The van der Waals surface area contributed by atoms with Gasteiger partial charge in [-0.1, -0.05) is 12.1 Å². The minimum atomic E-state index is -0.0269. The largest absolute Gasteiger partial charge is 0.399 e. The maximum Gasteiger partial charge on any atom is 0.241 e. The van der Waals surface area contributed by atoms with Crippen LogP contribution in [0.2, 0.25) is 0 Å². The Morgan fingerprint density at radius 2 is 2.30 bits per heavy atom. The van der Waals surface area contributed by atoms with Gasteiger partial charge in [0.05, 0.1) is 0 Å². The molecule has 6 heteroatoms. The number of nitrogens with zero attached hydrogens (tertiary/aromatic N) is 3. The molecule has 1 fully saturated rings. The Kier molecular flexibility index (Phi) is 3.37. The highest BCUT2D eigenvalue weighted by atomic mass is 16.2. The molecule has 3 rings (SSSR count). The number of hydrogen-bond donors (Lipinski definition) is 2. The number of benzene rings is 1. The SMILES string of the molecule is Nc1cccc(-c2ncn(CC(=O)NCC3CC3)n2)c1. The molecule has 0 aliphatic heterocycles. The summed E-state index contributed by atoms with van der Waals surface area (Å²) in [6.07, 6.45) is 4.02. The minimum Gasteiger partial charge on any atom is -0.399 e. The summed E-state index contributed by atoms with van der Waals surface area (Å²) in [6.45, 7) is 0.970. The van der Waals surface area contributed by atoms with E-state index in [-0.39, 0.29) is 12.5 Å². The topological polar surface area (TPSA) is 85.8 Å². The summed E-state index contributed by atoms with van der Waals surface area (Å²) >= 11 is 0. The molecule has 0 spiro atoms. The van der Waals surface area contributed by atoms with E-state index in [1.807, 2.05) is 24.3 Å². The molecule has 0 atom stereocenters. The number of anilines is 1. The molecule has 1 aliphatic rings. The van der Waals surface area contributed by atoms with E-state index >= 15 is 0 Å². The molecule has 1 aromatic heterocycles. The number of amides is 1. The lowest BCUT2D eigenvalue weighted by Gasteiger charge is -2.03. The minimum absolute atomic E-state index is 0.0269. The van der Waals surface area contributed by atoms with Gasteiger partial charge in [-0.05, 0) is 30.9 Å². The van der Waals surface area contributed by atoms with Crippen molar-refractivity contribution in [2.75, 3.05) is 12.3 Å². The van der Waals surface area contributed by atoms with Crippen LogP contribution in [0.25, 0.3) is 11.4 Å². The van der Waals surface area contributed by atoms with Crippen molar-refractivity contribution < 1.29 is 4.79 Å². The Hall–Kier alpha value is -2.37. The van der Waals surface area contributed by atoms with Crippen molar-refractivity contribution >= 4 is 11.6 Å². The predicted molar refractivity (Wildman–Crippen MR) is 75.6 cm³/mol. The molecule has 0 radical (unpaired) electrons. The van der Waals surface area contributed by atoms with Gasteiger partial charge < -0.3 is 11.1 Å². The monoisotopic (exact) mass is 271 g/mol. The Morgan fingerprint density at radius 1 is 1.45 bits per heavy atom. The second-order valence-electron chi connectivity index (χ2n) is 5.14. The molecule has 1 amide bonds. The smallest absolute Gasteiger partial charge is 0.241 e. The third kappa shape index (κ3) is 3.14. The van der Waals surface area contributed by atoms with Crippen LogP contribution in [0.4, 0.5) is 5.69 Å². The number of nitrogens with one attached hydrogen (secondary N) is 1. The maximum atomic E-state index is 11.7. The molecule has 6 nitrogen and oxygen atoms in total. The number of carbonyl (C=O) groups is 1. The zero-order chi connectivity index (χ0) is 13.9. The molecule has 1 aliphatic carbocycles. The molecule has 3 N–H and O–H groups in total. The first kappa shape index (κ1) is 12.7. The highest BCUT2D eigenvalue weighted by Gasteiger charge is 2.21. The van der Waals surface area contributed by atoms with Crippen LogP contribution in [0, 0.1) is 5.92 Å². The molecule has 20 heavy (non-hydrogen) atoms. The standard InChI is InChI=1S/C14H17N5O/c15-12-3-1-2-11(6-12)14-17-9-19(18-14)8-13(20)16-7-10-4-5-10/h1-3,6,9-10H,4-5,7-8,15H2,(H,16,20). The quantitative estimate of drug-likeness (QED) is 0.796. The molecule has 1 heterocycles. The zero-order valence-electron chi connectivity index (χ0n) is 11.1. The summed E-state index contributed by atoms with van der Waals surface area (Å²) in [5.41, 5.74) is 7.25. The Morgan fingerprint density at radius 3 is 3.05 bits per heavy atom. The lowest BCUT2D eigenvalue weighted by molar-refractivity contribution is -0.121. The first-order valence-corrected chi connectivity index (χ1v) is 6.73. The van der Waals surface area contributed by atoms with Crippen LogP contribution < -0.4 is 11.1 Å². The van der Waals surface area contributed by atoms with Crippen molar-refractivity contribution in [2.24, 2.45) is 5.92 Å². The van der Waals surface area contributed by atoms with Crippen molar-refractivity contribution in [3.8, 4) is 11.4 Å². The van der Waals surface area contributed by atoms with E-state index in [4.69, 9.17) is 5.73 Å². The molecule has 1 aromatic carbocycles. The highest BCUT2D eigenvalue weighted by molar-refractivity contribution is 5.75. The average molecular weight is 271 g/mol. The Labute approximate surface area is 117 Å². The van der Waals surface area contributed by atoms with Crippen LogP contribution in [0.5, 0.6) is 0 Å². The predicted octanol–water partition coefficient (Wildman–Crippen LogP) is 1.05. The third-order valence-electron chi connectivity index (χ3n) is 3.27. The highest BCUT2D eigenvalue weighted by Crippen LogP contribution is 2.27. The van der Waals surface area contributed by atoms with Gasteiger partial charge >= 0.3 is 0 Å². The number of aromatic nitrogens is 3. The van der Waals surface area contributed by atoms with Gasteiger partial charge in [-0.3, -0.25) is 4.79 Å². The molecule has 0 unspecified atom stereocenters. The third-order valence-corrected chi connectivity index (χ3v) is 3.27. The Balaban J connectivity index is 1.62. The van der Waals surface area contributed by atoms with E-state index in [1.165, 1.54) is 12.8 Å². The summed E-state index contributed by atoms with van der Waals surface area (Å²) in [6, 6.07) is 7.37. The van der Waals surface area contributed by atoms with Crippen molar-refractivity contribution in [1.29, 1.82) is 0 Å². The Bertz CT molecular complexity index is 618. The van der Waals surface area contributed by atoms with E-state index < -0.39 is 0 Å². The lowest BCUT2D eigenvalue weighted by Crippen LogP contribution is -2.29. The number of nitrogens with two attached hydrogens (primary N) is 1. The number of rotatable bonds is 5. The molecule has 0 saturated heterocycles. The van der Waals surface area contributed by atoms with E-state index in [1.54, 1.807) is 11.0 Å². The summed E-state index contributed by atoms with van der Waals surface area (Å²) < 4.78 is 1.54. The fourth-order valence-corrected chi connectivity index (χ4v) is 1.96. The first-order valence-electron chi connectivity index (χ1n) is 6.73. The molecular formula is C14H17N5O. The normalized spacial score (nSPS) is 14.2. The maximum absolute atomic E-state index is 11.7. The number of carbonyl (C=O) groups excluding carboxylic acids is 1. The molecule has 0 bridgehead atoms. The van der Waals surface area contributed by atoms with Crippen molar-refractivity contribution in [3.63, 3.8) is 0 Å². The van der Waals surface area contributed by atoms with Gasteiger partial charge in [-0.15, -0.1) is 0 Å². The fourth-order valence-electron chi connectivity index (χ4n) is 1.96. The van der Waals surface area contributed by atoms with Gasteiger partial charge in [0.2, 0.25) is 5.91 Å². The fraction of sp³-hybridized carbons (Fsp3) is 0.357. The van der Waals surface area contributed by atoms with Crippen molar-refractivity contribution in [1.82, 2.24) is 20.1 Å². The van der Waals surface area contributed by atoms with Gasteiger partial charge in [0, 0.05) is 17.8 Å². The van der Waals surface area contributed by atoms with Gasteiger partial charge in [0.15, 0.2) is 5.82 Å². The van der Waals surface area contributed by atoms with Crippen LogP contribution >= 0.6 is 0 Å². The lowest BCUT2D eigenvalue weighted by atomic mass is 10.2. The molecule has 2 aromatic rings. The van der Waals surface area contributed by atoms with E-state index in [0.717, 1.165) is 12.1 Å². The van der Waals surface area contributed by atoms with Crippen LogP contribution in [-0.2, 0) is 11.3 Å². The van der Waals surface area contributed by atoms with Crippen LogP contribution in [0.1, 0.15) is 12.8 Å². The second kappa shape index (κ2) is 5.32. The van der Waals surface area contributed by atoms with Crippen LogP contribution in [0.3, 0.4) is 0 Å². The zero-order valence-corrected chi connectivity index (χ0v) is 11.1. The van der Waals surface area contributed by atoms with Gasteiger partial charge in [0.25, 0.3) is 0 Å². The summed E-state index contributed by atoms with van der Waals surface area (Å²) in [4.78, 5) is 15.9. The summed E-state index contributed by atoms with van der Waals surface area (Å²) in [5, 5.41) is 7.20. The van der Waals surface area contributed by atoms with Gasteiger partial charge in [-0.2, -0.15) is 5.10 Å². The van der Waals surface area contributed by atoms with Crippen molar-refractivity contribution in [2.45, 2.75) is 19.4 Å². The molecule has 104 valence electrons. The first-order chi connectivity index (χ1) is 9.70. The van der Waals surface area contributed by atoms with Crippen molar-refractivity contribution in [3.05, 3.63) is 30.6 Å². The van der Waals surface area contributed by atoms with Crippen LogP contribution in [-0.4, -0.2) is 27.2 Å². The van der Waals surface area contributed by atoms with Gasteiger partial charge in [0.1, 0.15) is 12.9 Å². The van der Waals surface area contributed by atoms with Gasteiger partial charge in [-0.25, -0.2) is 9.67 Å². The molecular weight excluding hydrogens is 254 g/mol. The molecule has 1 saturated carbocycles. The van der Waals surface area contributed by atoms with E-state index in [0.29, 0.717) is 17.4 Å². The second-order valence-corrected chi connectivity index (χ2v) is 5.14. The number of hydrogen-bond acceptors (Lipinski definition) is 4. The van der Waals surface area contributed by atoms with E-state index in [9.17, 15) is 4.79 Å². The summed E-state index contributed by atoms with van der Waals surface area (Å²) in [5.74, 6) is 1.23.